The Morgan fingerprint density at radius 3 is 2.43 bits per heavy atom. The Hall–Kier alpha value is -2.07. The summed E-state index contributed by atoms with van der Waals surface area (Å²) in [5, 5.41) is 3.39. The molecule has 1 aromatic carbocycles. The van der Waals surface area contributed by atoms with Crippen LogP contribution < -0.4 is 14.8 Å². The van der Waals surface area contributed by atoms with Gasteiger partial charge in [0.15, 0.2) is 11.5 Å². The summed E-state index contributed by atoms with van der Waals surface area (Å²) in [5.41, 5.74) is 1.03. The summed E-state index contributed by atoms with van der Waals surface area (Å²) < 4.78 is 11.3. The Bertz CT molecular complexity index is 531. The van der Waals surface area contributed by atoms with Gasteiger partial charge in [0.05, 0.1) is 12.3 Å². The fraction of sp³-hybridized carbons (Fsp3) is 0.353. The molecule has 1 aromatic heterocycles. The quantitative estimate of drug-likeness (QED) is 0.757. The Morgan fingerprint density at radius 1 is 1.05 bits per heavy atom. The summed E-state index contributed by atoms with van der Waals surface area (Å²) in [6.45, 7) is 6.03. The molecule has 112 valence electrons. The third kappa shape index (κ3) is 4.76. The molecular weight excluding hydrogens is 264 g/mol. The van der Waals surface area contributed by atoms with Gasteiger partial charge < -0.3 is 14.8 Å². The van der Waals surface area contributed by atoms with E-state index in [9.17, 15) is 0 Å². The van der Waals surface area contributed by atoms with Crippen molar-refractivity contribution in [3.63, 3.8) is 0 Å². The van der Waals surface area contributed by atoms with Gasteiger partial charge in [0.1, 0.15) is 6.61 Å². The third-order valence-electron chi connectivity index (χ3n) is 3.09. The standard InChI is InChI=1S/C17H22N2O2/c1-3-20-16-9-4-5-10-17(16)21-13-12-18-14(2)15-8-6-7-11-19-15/h4-11,14,18H,3,12-13H2,1-2H3/t14-/m0/s1. The van der Waals surface area contributed by atoms with Crippen LogP contribution in [-0.2, 0) is 0 Å². The number of nitrogens with zero attached hydrogens (tertiary/aromatic N) is 1. The molecule has 0 unspecified atom stereocenters. The van der Waals surface area contributed by atoms with Crippen LogP contribution >= 0.6 is 0 Å². The predicted molar refractivity (Wildman–Crippen MR) is 83.8 cm³/mol. The molecule has 0 saturated heterocycles. The molecule has 2 rings (SSSR count). The molecule has 1 N–H and O–H groups in total. The van der Waals surface area contributed by atoms with Crippen LogP contribution in [0.2, 0.25) is 0 Å². The molecule has 4 nitrogen and oxygen atoms in total. The molecule has 0 bridgehead atoms. The molecule has 0 radical (unpaired) electrons. The van der Waals surface area contributed by atoms with Gasteiger partial charge in [-0.3, -0.25) is 4.98 Å². The second-order valence-corrected chi connectivity index (χ2v) is 4.66. The van der Waals surface area contributed by atoms with Crippen molar-refractivity contribution in [3.05, 3.63) is 54.4 Å². The van der Waals surface area contributed by atoms with E-state index in [0.717, 1.165) is 23.7 Å². The number of benzene rings is 1. The number of pyridine rings is 1. The molecular formula is C17H22N2O2. The average Bonchev–Trinajstić information content (AvgIpc) is 2.54. The lowest BCUT2D eigenvalue weighted by atomic mass is 10.2. The van der Waals surface area contributed by atoms with E-state index in [1.165, 1.54) is 0 Å². The number of nitrogens with one attached hydrogen (secondary N) is 1. The third-order valence-corrected chi connectivity index (χ3v) is 3.09. The highest BCUT2D eigenvalue weighted by molar-refractivity contribution is 5.39. The maximum Gasteiger partial charge on any atom is 0.161 e. The molecule has 1 heterocycles. The number of hydrogen-bond donors (Lipinski definition) is 1. The van der Waals surface area contributed by atoms with E-state index in [1.54, 1.807) is 0 Å². The van der Waals surface area contributed by atoms with Crippen LogP contribution in [0.4, 0.5) is 0 Å². The zero-order valence-electron chi connectivity index (χ0n) is 12.6. The van der Waals surface area contributed by atoms with Crippen molar-refractivity contribution in [1.29, 1.82) is 0 Å². The minimum absolute atomic E-state index is 0.205. The Morgan fingerprint density at radius 2 is 1.76 bits per heavy atom. The van der Waals surface area contributed by atoms with Gasteiger partial charge in [0, 0.05) is 18.8 Å². The van der Waals surface area contributed by atoms with Gasteiger partial charge in [-0.25, -0.2) is 0 Å². The van der Waals surface area contributed by atoms with E-state index in [-0.39, 0.29) is 6.04 Å². The number of hydrogen-bond acceptors (Lipinski definition) is 4. The van der Waals surface area contributed by atoms with Crippen LogP contribution in [0.15, 0.2) is 48.7 Å². The van der Waals surface area contributed by atoms with Crippen molar-refractivity contribution >= 4 is 0 Å². The second-order valence-electron chi connectivity index (χ2n) is 4.66. The minimum Gasteiger partial charge on any atom is -0.490 e. The van der Waals surface area contributed by atoms with Crippen molar-refractivity contribution < 1.29 is 9.47 Å². The average molecular weight is 286 g/mol. The fourth-order valence-corrected chi connectivity index (χ4v) is 2.02. The summed E-state index contributed by atoms with van der Waals surface area (Å²) >= 11 is 0. The maximum absolute atomic E-state index is 5.77. The van der Waals surface area contributed by atoms with Crippen LogP contribution in [0.5, 0.6) is 11.5 Å². The minimum atomic E-state index is 0.205. The number of para-hydroxylation sites is 2. The molecule has 0 aliphatic carbocycles. The largest absolute Gasteiger partial charge is 0.490 e. The first-order valence-electron chi connectivity index (χ1n) is 7.30. The lowest BCUT2D eigenvalue weighted by molar-refractivity contribution is 0.272. The molecule has 0 aliphatic rings. The number of ether oxygens (including phenoxy) is 2. The SMILES string of the molecule is CCOc1ccccc1OCCN[C@@H](C)c1ccccn1. The van der Waals surface area contributed by atoms with Crippen molar-refractivity contribution in [3.8, 4) is 11.5 Å². The van der Waals surface area contributed by atoms with Crippen LogP contribution in [0.25, 0.3) is 0 Å². The fourth-order valence-electron chi connectivity index (χ4n) is 2.02. The molecule has 2 aromatic rings. The van der Waals surface area contributed by atoms with Crippen molar-refractivity contribution in [1.82, 2.24) is 10.3 Å². The smallest absolute Gasteiger partial charge is 0.161 e. The van der Waals surface area contributed by atoms with E-state index in [4.69, 9.17) is 9.47 Å². The lowest BCUT2D eigenvalue weighted by Gasteiger charge is -2.15. The Balaban J connectivity index is 1.77. The van der Waals surface area contributed by atoms with Crippen molar-refractivity contribution in [2.24, 2.45) is 0 Å². The van der Waals surface area contributed by atoms with Gasteiger partial charge in [-0.15, -0.1) is 0 Å². The van der Waals surface area contributed by atoms with E-state index < -0.39 is 0 Å². The summed E-state index contributed by atoms with van der Waals surface area (Å²) in [6, 6.07) is 13.9. The number of aromatic nitrogens is 1. The highest BCUT2D eigenvalue weighted by Crippen LogP contribution is 2.26. The zero-order valence-corrected chi connectivity index (χ0v) is 12.6. The van der Waals surface area contributed by atoms with Crippen LogP contribution in [0.3, 0.4) is 0 Å². The van der Waals surface area contributed by atoms with E-state index in [0.29, 0.717) is 13.2 Å². The summed E-state index contributed by atoms with van der Waals surface area (Å²) in [5.74, 6) is 1.57. The first-order chi connectivity index (χ1) is 10.3. The molecule has 1 atom stereocenters. The maximum atomic E-state index is 5.77. The molecule has 4 heteroatoms. The van der Waals surface area contributed by atoms with Crippen LogP contribution in [0, 0.1) is 0 Å². The normalized spacial score (nSPS) is 11.9. The molecule has 0 aliphatic heterocycles. The van der Waals surface area contributed by atoms with Crippen LogP contribution in [0.1, 0.15) is 25.6 Å². The molecule has 21 heavy (non-hydrogen) atoms. The van der Waals surface area contributed by atoms with Gasteiger partial charge in [0.2, 0.25) is 0 Å². The Kier molecular flexibility index (Phi) is 6.03. The summed E-state index contributed by atoms with van der Waals surface area (Å²) in [7, 11) is 0. The highest BCUT2D eigenvalue weighted by Gasteiger charge is 2.06. The monoisotopic (exact) mass is 286 g/mol. The van der Waals surface area contributed by atoms with Gasteiger partial charge >= 0.3 is 0 Å². The first kappa shape index (κ1) is 15.3. The van der Waals surface area contributed by atoms with E-state index >= 15 is 0 Å². The van der Waals surface area contributed by atoms with Gasteiger partial charge in [-0.05, 0) is 38.1 Å². The molecule has 0 spiro atoms. The number of rotatable bonds is 8. The van der Waals surface area contributed by atoms with Gasteiger partial charge in [-0.1, -0.05) is 18.2 Å². The topological polar surface area (TPSA) is 43.4 Å². The van der Waals surface area contributed by atoms with Gasteiger partial charge in [0.25, 0.3) is 0 Å². The first-order valence-corrected chi connectivity index (χ1v) is 7.30. The summed E-state index contributed by atoms with van der Waals surface area (Å²) in [6.07, 6.45) is 1.81. The predicted octanol–water partition coefficient (Wildman–Crippen LogP) is 3.21. The molecule has 0 fully saturated rings. The van der Waals surface area contributed by atoms with Crippen molar-refractivity contribution in [2.75, 3.05) is 19.8 Å². The van der Waals surface area contributed by atoms with Crippen LogP contribution in [-0.4, -0.2) is 24.7 Å². The molecule has 0 saturated carbocycles. The van der Waals surface area contributed by atoms with E-state index in [2.05, 4.69) is 17.2 Å². The van der Waals surface area contributed by atoms with Crippen molar-refractivity contribution in [2.45, 2.75) is 19.9 Å². The van der Waals surface area contributed by atoms with E-state index in [1.807, 2.05) is 55.6 Å². The molecule has 0 amide bonds. The zero-order chi connectivity index (χ0) is 14.9. The van der Waals surface area contributed by atoms with Gasteiger partial charge in [-0.2, -0.15) is 0 Å². The Labute approximate surface area is 126 Å². The second kappa shape index (κ2) is 8.27. The highest BCUT2D eigenvalue weighted by atomic mass is 16.5. The summed E-state index contributed by atoms with van der Waals surface area (Å²) in [4.78, 5) is 4.33. The lowest BCUT2D eigenvalue weighted by Crippen LogP contribution is -2.25.